The molecule has 2 aromatic carbocycles. The first-order valence-electron chi connectivity index (χ1n) is 11.9. The van der Waals surface area contributed by atoms with Crippen LogP contribution in [-0.2, 0) is 9.59 Å². The van der Waals surface area contributed by atoms with Gasteiger partial charge in [-0.15, -0.1) is 0 Å². The van der Waals surface area contributed by atoms with Crippen molar-refractivity contribution in [2.24, 2.45) is 0 Å². The summed E-state index contributed by atoms with van der Waals surface area (Å²) in [5, 5.41) is 3.89. The van der Waals surface area contributed by atoms with E-state index in [1.807, 2.05) is 18.2 Å². The average Bonchev–Trinajstić information content (AvgIpc) is 3.17. The summed E-state index contributed by atoms with van der Waals surface area (Å²) >= 11 is 2.78. The van der Waals surface area contributed by atoms with Gasteiger partial charge in [0.1, 0.15) is 5.52 Å². The molecule has 5 nitrogen and oxygen atoms in total. The van der Waals surface area contributed by atoms with Gasteiger partial charge < -0.3 is 9.73 Å². The molecule has 1 amide bonds. The van der Waals surface area contributed by atoms with Gasteiger partial charge in [-0.1, -0.05) is 75.8 Å². The second-order valence-corrected chi connectivity index (χ2v) is 11.3. The number of benzene rings is 2. The van der Waals surface area contributed by atoms with Gasteiger partial charge in [0.05, 0.1) is 0 Å². The third-order valence-corrected chi connectivity index (χ3v) is 7.20. The molecule has 0 aliphatic carbocycles. The van der Waals surface area contributed by atoms with Crippen LogP contribution in [0.2, 0.25) is 0 Å². The number of carbonyl (C=O) groups is 2. The Balaban J connectivity index is 1.43. The lowest BCUT2D eigenvalue weighted by Gasteiger charge is -2.20. The molecule has 0 radical (unpaired) electrons. The van der Waals surface area contributed by atoms with E-state index >= 15 is 0 Å². The van der Waals surface area contributed by atoms with Gasteiger partial charge in [-0.25, -0.2) is 4.98 Å². The van der Waals surface area contributed by atoms with Gasteiger partial charge in [-0.05, 0) is 54.0 Å². The van der Waals surface area contributed by atoms with Crippen molar-refractivity contribution >= 4 is 51.3 Å². The fourth-order valence-corrected chi connectivity index (χ4v) is 5.27. The largest absolute Gasteiger partial charge is 0.431 e. The van der Waals surface area contributed by atoms with E-state index in [0.717, 1.165) is 46.7 Å². The first-order valence-corrected chi connectivity index (χ1v) is 13.7. The Hall–Kier alpha value is -2.25. The molecule has 0 spiro atoms. The minimum atomic E-state index is 0.0515. The highest BCUT2D eigenvalue weighted by Crippen LogP contribution is 2.33. The van der Waals surface area contributed by atoms with Crippen molar-refractivity contribution in [1.82, 2.24) is 4.98 Å². The Bertz CT molecular complexity index is 1110. The summed E-state index contributed by atoms with van der Waals surface area (Å²) in [6, 6.07) is 11.9. The third kappa shape index (κ3) is 7.37. The lowest BCUT2D eigenvalue weighted by Crippen LogP contribution is -2.15. The zero-order chi connectivity index (χ0) is 24.7. The molecule has 0 atom stereocenters. The maximum absolute atomic E-state index is 12.6. The molecule has 0 unspecified atom stereocenters. The number of fused-ring (bicyclic) bond motifs is 1. The Labute approximate surface area is 210 Å². The van der Waals surface area contributed by atoms with Crippen molar-refractivity contribution in [3.8, 4) is 0 Å². The predicted octanol–water partition coefficient (Wildman–Crippen LogP) is 8.00. The normalized spacial score (nSPS) is 11.5. The van der Waals surface area contributed by atoms with Crippen LogP contribution < -0.4 is 5.32 Å². The van der Waals surface area contributed by atoms with Crippen LogP contribution >= 0.6 is 23.5 Å². The van der Waals surface area contributed by atoms with Crippen LogP contribution in [0.15, 0.2) is 50.9 Å². The minimum Gasteiger partial charge on any atom is -0.431 e. The van der Waals surface area contributed by atoms with Crippen LogP contribution in [0, 0.1) is 0 Å². The fourth-order valence-electron chi connectivity index (χ4n) is 3.80. The summed E-state index contributed by atoms with van der Waals surface area (Å²) in [6.45, 7) is 10.2. The minimum absolute atomic E-state index is 0.0515. The standard InChI is InChI=1S/C27H34N2O3S2/c1-17(2)21-10-9-11-22(18(3)4)26(21)29-25(31)12-7-6-8-15-33-27-28-23-16-20(34-19(5)30)13-14-24(23)32-27/h9-11,13-14,16-18H,6-8,12,15H2,1-5H3,(H,29,31). The second kappa shape index (κ2) is 12.5. The zero-order valence-corrected chi connectivity index (χ0v) is 22.3. The van der Waals surface area contributed by atoms with E-state index in [0.29, 0.717) is 23.5 Å². The number of para-hydroxylation sites is 1. The zero-order valence-electron chi connectivity index (χ0n) is 20.6. The molecular formula is C27H34N2O3S2. The number of rotatable bonds is 11. The third-order valence-electron chi connectivity index (χ3n) is 5.51. The van der Waals surface area contributed by atoms with E-state index in [-0.39, 0.29) is 11.0 Å². The molecular weight excluding hydrogens is 464 g/mol. The fraction of sp³-hybridized carbons (Fsp3) is 0.444. The predicted molar refractivity (Wildman–Crippen MR) is 143 cm³/mol. The molecule has 1 N–H and O–H groups in total. The van der Waals surface area contributed by atoms with Crippen molar-refractivity contribution in [3.05, 3.63) is 47.5 Å². The van der Waals surface area contributed by atoms with Crippen molar-refractivity contribution in [2.45, 2.75) is 82.3 Å². The number of thioether (sulfide) groups is 2. The maximum atomic E-state index is 12.6. The number of anilines is 1. The molecule has 0 saturated heterocycles. The number of oxazole rings is 1. The van der Waals surface area contributed by atoms with Crippen LogP contribution in [-0.4, -0.2) is 21.8 Å². The summed E-state index contributed by atoms with van der Waals surface area (Å²) in [4.78, 5) is 29.3. The molecule has 182 valence electrons. The molecule has 0 bridgehead atoms. The summed E-state index contributed by atoms with van der Waals surface area (Å²) in [7, 11) is 0. The van der Waals surface area contributed by atoms with E-state index in [1.165, 1.54) is 22.9 Å². The summed E-state index contributed by atoms with van der Waals surface area (Å²) in [5.74, 6) is 1.69. The number of nitrogens with one attached hydrogen (secondary N) is 1. The number of carbonyl (C=O) groups excluding carboxylic acids is 2. The van der Waals surface area contributed by atoms with E-state index in [4.69, 9.17) is 4.42 Å². The number of unbranched alkanes of at least 4 members (excludes halogenated alkanes) is 2. The SMILES string of the molecule is CC(=O)Sc1ccc2oc(SCCCCCC(=O)Nc3c(C(C)C)cccc3C(C)C)nc2c1. The number of hydrogen-bond acceptors (Lipinski definition) is 6. The van der Waals surface area contributed by atoms with Crippen molar-refractivity contribution in [1.29, 1.82) is 0 Å². The molecule has 3 aromatic rings. The number of hydrogen-bond donors (Lipinski definition) is 1. The lowest BCUT2D eigenvalue weighted by atomic mass is 9.92. The summed E-state index contributed by atoms with van der Waals surface area (Å²) in [5.41, 5.74) is 4.89. The van der Waals surface area contributed by atoms with Gasteiger partial charge in [-0.3, -0.25) is 9.59 Å². The average molecular weight is 499 g/mol. The smallest absolute Gasteiger partial charge is 0.256 e. The lowest BCUT2D eigenvalue weighted by molar-refractivity contribution is -0.116. The highest BCUT2D eigenvalue weighted by atomic mass is 32.2. The number of nitrogens with zero attached hydrogens (tertiary/aromatic N) is 1. The van der Waals surface area contributed by atoms with Gasteiger partial charge in [0, 0.05) is 29.7 Å². The van der Waals surface area contributed by atoms with Gasteiger partial charge in [0.2, 0.25) is 5.91 Å². The Morgan fingerprint density at radius 3 is 2.35 bits per heavy atom. The van der Waals surface area contributed by atoms with E-state index < -0.39 is 0 Å². The molecule has 0 saturated carbocycles. The number of amides is 1. The Morgan fingerprint density at radius 2 is 1.71 bits per heavy atom. The Kier molecular flexibility index (Phi) is 9.65. The molecule has 0 fully saturated rings. The summed E-state index contributed by atoms with van der Waals surface area (Å²) in [6.07, 6.45) is 3.34. The van der Waals surface area contributed by atoms with E-state index in [1.54, 1.807) is 18.7 Å². The monoisotopic (exact) mass is 498 g/mol. The maximum Gasteiger partial charge on any atom is 0.256 e. The topological polar surface area (TPSA) is 72.2 Å². The molecule has 1 aromatic heterocycles. The van der Waals surface area contributed by atoms with Crippen molar-refractivity contribution in [2.75, 3.05) is 11.1 Å². The molecule has 3 rings (SSSR count). The number of aromatic nitrogens is 1. The van der Waals surface area contributed by atoms with Crippen molar-refractivity contribution < 1.29 is 14.0 Å². The van der Waals surface area contributed by atoms with Crippen LogP contribution in [0.25, 0.3) is 11.1 Å². The molecule has 7 heteroatoms. The van der Waals surface area contributed by atoms with Crippen molar-refractivity contribution in [3.63, 3.8) is 0 Å². The molecule has 34 heavy (non-hydrogen) atoms. The second-order valence-electron chi connectivity index (χ2n) is 9.03. The Morgan fingerprint density at radius 1 is 1.00 bits per heavy atom. The van der Waals surface area contributed by atoms with E-state index in [9.17, 15) is 9.59 Å². The highest BCUT2D eigenvalue weighted by Gasteiger charge is 2.16. The first-order chi connectivity index (χ1) is 16.2. The summed E-state index contributed by atoms with van der Waals surface area (Å²) < 4.78 is 5.79. The van der Waals surface area contributed by atoms with E-state index in [2.05, 4.69) is 56.2 Å². The quantitative estimate of drug-likeness (QED) is 0.213. The van der Waals surface area contributed by atoms with Crippen LogP contribution in [0.4, 0.5) is 5.69 Å². The molecule has 1 heterocycles. The highest BCUT2D eigenvalue weighted by molar-refractivity contribution is 8.13. The molecule has 0 aliphatic heterocycles. The molecule has 0 aliphatic rings. The van der Waals surface area contributed by atoms with Crippen LogP contribution in [0.3, 0.4) is 0 Å². The van der Waals surface area contributed by atoms with Gasteiger partial charge in [0.25, 0.3) is 5.22 Å². The first kappa shape index (κ1) is 26.4. The van der Waals surface area contributed by atoms with Gasteiger partial charge in [0.15, 0.2) is 10.7 Å². The van der Waals surface area contributed by atoms with Gasteiger partial charge >= 0.3 is 0 Å². The van der Waals surface area contributed by atoms with Crippen LogP contribution in [0.5, 0.6) is 0 Å². The van der Waals surface area contributed by atoms with Crippen LogP contribution in [0.1, 0.15) is 83.3 Å². The van der Waals surface area contributed by atoms with Gasteiger partial charge in [-0.2, -0.15) is 0 Å².